The molecule has 3 nitrogen and oxygen atoms in total. The monoisotopic (exact) mass is 555 g/mol. The van der Waals surface area contributed by atoms with Crippen LogP contribution in [0.4, 0.5) is 0 Å². The molecule has 5 atom stereocenters. The standard InChI is InChI=1S/C30H61NO2SSi2/c1-14-36(15-2,16-3)33-27-18-17-22-30(11)25(19-20-26(27)30)24(4)21-23-34(32,28(5,6)7)31-35(12,13)29(8,9)10/h19,23-24,26-27H,14-18,20-22H2,1-13H3,(H,31,32)/t24-,26+,27+,30-,34?/m1/s1. The third-order valence-corrected chi connectivity index (χ3v) is 24.6. The first-order valence-corrected chi connectivity index (χ1v) is 22.0. The number of hydrogen-bond acceptors (Lipinski definition) is 2. The smallest absolute Gasteiger partial charge is 0.192 e. The van der Waals surface area contributed by atoms with Crippen LogP contribution >= 0.6 is 0 Å². The van der Waals surface area contributed by atoms with Crippen LogP contribution in [0.25, 0.3) is 0 Å². The topological polar surface area (TPSA) is 38.3 Å². The number of nitrogens with one attached hydrogen (secondary N) is 1. The molecule has 1 fully saturated rings. The molecule has 0 aromatic carbocycles. The predicted molar refractivity (Wildman–Crippen MR) is 168 cm³/mol. The quantitative estimate of drug-likeness (QED) is 0.166. The van der Waals surface area contributed by atoms with Crippen LogP contribution in [0, 0.1) is 17.3 Å². The molecule has 2 aliphatic rings. The van der Waals surface area contributed by atoms with Gasteiger partial charge < -0.3 is 4.43 Å². The van der Waals surface area contributed by atoms with Gasteiger partial charge in [-0.3, -0.25) is 8.60 Å². The third-order valence-electron chi connectivity index (χ3n) is 10.4. The number of allylic oxidation sites excluding steroid dienone is 2. The molecule has 0 aliphatic heterocycles. The fraction of sp³-hybridized carbons (Fsp3) is 0.900. The largest absolute Gasteiger partial charge is 0.414 e. The minimum Gasteiger partial charge on any atom is -0.414 e. The Hall–Kier alpha value is 0.114. The second kappa shape index (κ2) is 11.3. The van der Waals surface area contributed by atoms with Crippen LogP contribution in [-0.2, 0) is 14.1 Å². The lowest BCUT2D eigenvalue weighted by atomic mass is 9.63. The van der Waals surface area contributed by atoms with Crippen molar-refractivity contribution in [2.75, 3.05) is 0 Å². The van der Waals surface area contributed by atoms with Crippen LogP contribution in [0.5, 0.6) is 0 Å². The molecule has 0 amide bonds. The maximum absolute atomic E-state index is 14.5. The van der Waals surface area contributed by atoms with Gasteiger partial charge in [0.05, 0.1) is 0 Å². The fourth-order valence-corrected chi connectivity index (χ4v) is 16.1. The Morgan fingerprint density at radius 3 is 2.17 bits per heavy atom. The summed E-state index contributed by atoms with van der Waals surface area (Å²) in [4.78, 5) is 0. The molecule has 0 bridgehead atoms. The highest BCUT2D eigenvalue weighted by atomic mass is 32.2. The zero-order chi connectivity index (χ0) is 27.8. The molecule has 0 heterocycles. The molecule has 0 radical (unpaired) electrons. The number of hydrogen-bond donors (Lipinski definition) is 1. The van der Waals surface area contributed by atoms with E-state index < -0.39 is 26.3 Å². The van der Waals surface area contributed by atoms with Crippen molar-refractivity contribution >= 4 is 31.6 Å². The molecule has 6 heteroatoms. The summed E-state index contributed by atoms with van der Waals surface area (Å²) in [6.07, 6.45) is 8.75. The van der Waals surface area contributed by atoms with Crippen molar-refractivity contribution in [3.8, 4) is 0 Å². The SMILES string of the molecule is CC[Si](CC)(CC)O[C@H]1CCC[C@]2(C)C([C@H](C)CC=S(=O)(N[Si](C)(C)C(C)(C)C)C(C)(C)C)=CC[C@@H]12. The average Bonchev–Trinajstić information content (AvgIpc) is 3.12. The first-order valence-electron chi connectivity index (χ1n) is 14.9. The third kappa shape index (κ3) is 6.46. The Kier molecular flexibility index (Phi) is 10.2. The molecule has 0 aromatic heterocycles. The Morgan fingerprint density at radius 1 is 1.14 bits per heavy atom. The highest BCUT2D eigenvalue weighted by molar-refractivity contribution is 8.01. The molecular weight excluding hydrogens is 495 g/mol. The highest BCUT2D eigenvalue weighted by Gasteiger charge is 2.50. The van der Waals surface area contributed by atoms with Crippen LogP contribution in [-0.4, -0.2) is 37.0 Å². The summed E-state index contributed by atoms with van der Waals surface area (Å²) >= 11 is 0. The predicted octanol–water partition coefficient (Wildman–Crippen LogP) is 8.93. The number of fused-ring (bicyclic) bond motifs is 1. The van der Waals surface area contributed by atoms with Crippen molar-refractivity contribution in [3.63, 3.8) is 0 Å². The van der Waals surface area contributed by atoms with Gasteiger partial charge in [0.1, 0.15) is 8.24 Å². The first-order chi connectivity index (χ1) is 16.3. The Bertz CT molecular complexity index is 893. The van der Waals surface area contributed by atoms with Crippen LogP contribution in [0.3, 0.4) is 0 Å². The summed E-state index contributed by atoms with van der Waals surface area (Å²) in [7, 11) is -5.87. The highest BCUT2D eigenvalue weighted by Crippen LogP contribution is 2.56. The fourth-order valence-electron chi connectivity index (χ4n) is 6.33. The minimum absolute atomic E-state index is 0.139. The molecule has 36 heavy (non-hydrogen) atoms. The van der Waals surface area contributed by atoms with Crippen LogP contribution < -0.4 is 4.39 Å². The molecule has 0 saturated heterocycles. The van der Waals surface area contributed by atoms with E-state index in [1.165, 1.54) is 37.4 Å². The summed E-state index contributed by atoms with van der Waals surface area (Å²) in [5.74, 6) is 1.02. The van der Waals surface area contributed by atoms with E-state index in [4.69, 9.17) is 4.43 Å². The van der Waals surface area contributed by atoms with Crippen molar-refractivity contribution in [2.45, 2.75) is 155 Å². The normalized spacial score (nSPS) is 28.3. The van der Waals surface area contributed by atoms with Gasteiger partial charge in [0.15, 0.2) is 8.32 Å². The molecule has 1 saturated carbocycles. The first kappa shape index (κ1) is 32.3. The zero-order valence-corrected chi connectivity index (χ0v) is 29.1. The van der Waals surface area contributed by atoms with E-state index in [2.05, 4.69) is 105 Å². The van der Waals surface area contributed by atoms with Crippen molar-refractivity contribution in [3.05, 3.63) is 11.6 Å². The van der Waals surface area contributed by atoms with E-state index in [9.17, 15) is 4.21 Å². The summed E-state index contributed by atoms with van der Waals surface area (Å²) in [6, 6.07) is 3.69. The summed E-state index contributed by atoms with van der Waals surface area (Å²) in [6.45, 7) is 29.9. The van der Waals surface area contributed by atoms with Gasteiger partial charge in [0.2, 0.25) is 0 Å². The Labute approximate surface area is 228 Å². The molecule has 0 aromatic rings. The van der Waals surface area contributed by atoms with E-state index in [-0.39, 0.29) is 15.2 Å². The number of rotatable bonds is 10. The molecule has 2 aliphatic carbocycles. The van der Waals surface area contributed by atoms with Crippen molar-refractivity contribution in [1.29, 1.82) is 0 Å². The minimum atomic E-state index is -2.32. The Morgan fingerprint density at radius 2 is 1.69 bits per heavy atom. The van der Waals surface area contributed by atoms with E-state index >= 15 is 0 Å². The lowest BCUT2D eigenvalue weighted by Crippen LogP contribution is -2.58. The zero-order valence-electron chi connectivity index (χ0n) is 26.3. The van der Waals surface area contributed by atoms with Gasteiger partial charge in [0, 0.05) is 20.6 Å². The second-order valence-electron chi connectivity index (χ2n) is 14.7. The molecule has 1 unspecified atom stereocenters. The van der Waals surface area contributed by atoms with E-state index in [1.54, 1.807) is 5.57 Å². The molecule has 1 N–H and O–H groups in total. The van der Waals surface area contributed by atoms with Gasteiger partial charge in [-0.1, -0.05) is 86.6 Å². The maximum Gasteiger partial charge on any atom is 0.192 e. The maximum atomic E-state index is 14.5. The van der Waals surface area contributed by atoms with Crippen LogP contribution in [0.1, 0.15) is 108 Å². The van der Waals surface area contributed by atoms with E-state index in [0.717, 1.165) is 12.8 Å². The lowest BCUT2D eigenvalue weighted by Gasteiger charge is -2.48. The molecular formula is C30H61NO2SSi2. The van der Waals surface area contributed by atoms with Crippen LogP contribution in [0.2, 0.25) is 36.3 Å². The lowest BCUT2D eigenvalue weighted by molar-refractivity contribution is 0.0178. The Balaban J connectivity index is 2.29. The van der Waals surface area contributed by atoms with Crippen LogP contribution in [0.15, 0.2) is 11.6 Å². The summed E-state index contributed by atoms with van der Waals surface area (Å²) in [5.41, 5.74) is 1.83. The van der Waals surface area contributed by atoms with Gasteiger partial charge in [0.25, 0.3) is 0 Å². The van der Waals surface area contributed by atoms with Gasteiger partial charge in [-0.25, -0.2) is 0 Å². The summed E-state index contributed by atoms with van der Waals surface area (Å²) in [5, 5.41) is 2.33. The molecule has 0 spiro atoms. The second-order valence-corrected chi connectivity index (χ2v) is 27.8. The van der Waals surface area contributed by atoms with E-state index in [1.807, 2.05) is 0 Å². The molecule has 212 valence electrons. The van der Waals surface area contributed by atoms with Crippen molar-refractivity contribution in [1.82, 2.24) is 4.39 Å². The van der Waals surface area contributed by atoms with Gasteiger partial charge in [-0.2, -0.15) is 0 Å². The van der Waals surface area contributed by atoms with Crippen molar-refractivity contribution in [2.24, 2.45) is 17.3 Å². The average molecular weight is 556 g/mol. The van der Waals surface area contributed by atoms with E-state index in [0.29, 0.717) is 17.9 Å². The summed E-state index contributed by atoms with van der Waals surface area (Å²) < 4.78 is 25.1. The van der Waals surface area contributed by atoms with Gasteiger partial charge >= 0.3 is 0 Å². The van der Waals surface area contributed by atoms with Gasteiger partial charge in [-0.15, -0.1) is 0 Å². The van der Waals surface area contributed by atoms with Gasteiger partial charge in [-0.05, 0) is 92.2 Å². The molecule has 2 rings (SSSR count). The van der Waals surface area contributed by atoms with Crippen molar-refractivity contribution < 1.29 is 8.63 Å².